The fourth-order valence-electron chi connectivity index (χ4n) is 4.24. The van der Waals surface area contributed by atoms with Gasteiger partial charge in [0.15, 0.2) is 0 Å². The van der Waals surface area contributed by atoms with Gasteiger partial charge in [0, 0.05) is 24.7 Å². The quantitative estimate of drug-likeness (QED) is 0.702. The van der Waals surface area contributed by atoms with Gasteiger partial charge in [-0.2, -0.15) is 0 Å². The van der Waals surface area contributed by atoms with Crippen LogP contribution in [0.2, 0.25) is 0 Å². The summed E-state index contributed by atoms with van der Waals surface area (Å²) in [4.78, 5) is 25.7. The van der Waals surface area contributed by atoms with Crippen molar-refractivity contribution in [3.63, 3.8) is 0 Å². The van der Waals surface area contributed by atoms with Crippen LogP contribution >= 0.6 is 0 Å². The number of rotatable bonds is 1. The molecule has 19 heavy (non-hydrogen) atoms. The number of hydrogen-bond donors (Lipinski definition) is 1. The second-order valence-electron chi connectivity index (χ2n) is 6.28. The third-order valence-electron chi connectivity index (χ3n) is 5.12. The molecule has 2 bridgehead atoms. The van der Waals surface area contributed by atoms with E-state index in [-0.39, 0.29) is 23.9 Å². The van der Waals surface area contributed by atoms with Gasteiger partial charge in [0.2, 0.25) is 5.91 Å². The van der Waals surface area contributed by atoms with Gasteiger partial charge in [-0.1, -0.05) is 0 Å². The summed E-state index contributed by atoms with van der Waals surface area (Å²) in [6.07, 6.45) is 6.70. The Morgan fingerprint density at radius 1 is 1.26 bits per heavy atom. The highest BCUT2D eigenvalue weighted by atomic mass is 16.5. The zero-order valence-electron chi connectivity index (χ0n) is 10.9. The van der Waals surface area contributed by atoms with Crippen molar-refractivity contribution in [2.75, 3.05) is 13.2 Å². The van der Waals surface area contributed by atoms with E-state index in [0.29, 0.717) is 12.1 Å². The Kier molecular flexibility index (Phi) is 2.31. The van der Waals surface area contributed by atoms with Crippen molar-refractivity contribution in [3.8, 4) is 0 Å². The highest BCUT2D eigenvalue weighted by Gasteiger charge is 2.53. The van der Waals surface area contributed by atoms with Gasteiger partial charge in [0.25, 0.3) is 0 Å². The van der Waals surface area contributed by atoms with Crippen LogP contribution in [0.1, 0.15) is 32.1 Å². The van der Waals surface area contributed by atoms with Gasteiger partial charge in [-0.15, -0.1) is 0 Å². The lowest BCUT2D eigenvalue weighted by Crippen LogP contribution is -2.48. The van der Waals surface area contributed by atoms with Crippen molar-refractivity contribution < 1.29 is 14.3 Å². The highest BCUT2D eigenvalue weighted by Crippen LogP contribution is 2.48. The first-order valence-electron chi connectivity index (χ1n) is 7.12. The Labute approximate surface area is 112 Å². The van der Waals surface area contributed by atoms with Gasteiger partial charge in [0.1, 0.15) is 6.61 Å². The Morgan fingerprint density at radius 3 is 2.63 bits per heavy atom. The third-order valence-corrected chi connectivity index (χ3v) is 5.12. The number of cyclic esters (lactones) is 1. The van der Waals surface area contributed by atoms with Gasteiger partial charge in [0.05, 0.1) is 11.1 Å². The molecule has 3 saturated heterocycles. The molecule has 0 aromatic rings. The van der Waals surface area contributed by atoms with E-state index in [9.17, 15) is 9.59 Å². The lowest BCUT2D eigenvalue weighted by Gasteiger charge is -2.36. The van der Waals surface area contributed by atoms with Crippen LogP contribution in [-0.2, 0) is 14.3 Å². The summed E-state index contributed by atoms with van der Waals surface area (Å²) >= 11 is 0. The largest absolute Gasteiger partial charge is 0.456 e. The molecular formula is C14H18N2O3. The molecule has 1 amide bonds. The van der Waals surface area contributed by atoms with E-state index in [4.69, 9.17) is 4.74 Å². The molecule has 5 heteroatoms. The minimum absolute atomic E-state index is 0.177. The maximum Gasteiger partial charge on any atom is 0.333 e. The summed E-state index contributed by atoms with van der Waals surface area (Å²) in [6.45, 7) is 0.993. The van der Waals surface area contributed by atoms with Gasteiger partial charge in [-0.05, 0) is 32.1 Å². The summed E-state index contributed by atoms with van der Waals surface area (Å²) in [7, 11) is 0. The van der Waals surface area contributed by atoms with Crippen LogP contribution in [0.3, 0.4) is 0 Å². The molecule has 0 aliphatic carbocycles. The molecule has 0 saturated carbocycles. The zero-order valence-corrected chi connectivity index (χ0v) is 10.9. The van der Waals surface area contributed by atoms with Crippen molar-refractivity contribution >= 4 is 11.9 Å². The Bertz CT molecular complexity index is 473. The van der Waals surface area contributed by atoms with Gasteiger partial charge in [-0.3, -0.25) is 4.79 Å². The molecule has 0 aromatic carbocycles. The molecule has 4 aliphatic rings. The molecular weight excluding hydrogens is 244 g/mol. The SMILES string of the molecule is O=C1C=C(N2CC[C@@]3(C[C@H]4CC[C@@H](C3)N4)C2=O)CO1. The van der Waals surface area contributed by atoms with E-state index in [2.05, 4.69) is 5.32 Å². The molecule has 4 aliphatic heterocycles. The number of carbonyl (C=O) groups is 2. The van der Waals surface area contributed by atoms with Crippen LogP contribution in [0, 0.1) is 5.41 Å². The second kappa shape index (κ2) is 3.82. The van der Waals surface area contributed by atoms with Crippen LogP contribution in [0.5, 0.6) is 0 Å². The van der Waals surface area contributed by atoms with E-state index in [1.54, 1.807) is 4.90 Å². The molecule has 1 spiro atoms. The predicted octanol–water partition coefficient (Wildman–Crippen LogP) is 0.560. The Hall–Kier alpha value is -1.36. The minimum Gasteiger partial charge on any atom is -0.456 e. The van der Waals surface area contributed by atoms with E-state index >= 15 is 0 Å². The van der Waals surface area contributed by atoms with Crippen LogP contribution in [0.25, 0.3) is 0 Å². The predicted molar refractivity (Wildman–Crippen MR) is 67.0 cm³/mol. The topological polar surface area (TPSA) is 58.6 Å². The van der Waals surface area contributed by atoms with Gasteiger partial charge >= 0.3 is 5.97 Å². The Morgan fingerprint density at radius 2 is 2.00 bits per heavy atom. The fourth-order valence-corrected chi connectivity index (χ4v) is 4.24. The van der Waals surface area contributed by atoms with Gasteiger partial charge < -0.3 is 15.0 Å². The van der Waals surface area contributed by atoms with Gasteiger partial charge in [-0.25, -0.2) is 4.79 Å². The molecule has 0 aromatic heterocycles. The number of piperidine rings is 1. The van der Waals surface area contributed by atoms with Crippen molar-refractivity contribution in [3.05, 3.63) is 11.8 Å². The molecule has 0 radical (unpaired) electrons. The van der Waals surface area contributed by atoms with Crippen LogP contribution in [0.15, 0.2) is 11.8 Å². The second-order valence-corrected chi connectivity index (χ2v) is 6.28. The molecule has 0 unspecified atom stereocenters. The molecule has 5 nitrogen and oxygen atoms in total. The van der Waals surface area contributed by atoms with Crippen molar-refractivity contribution in [2.45, 2.75) is 44.2 Å². The lowest BCUT2D eigenvalue weighted by molar-refractivity contribution is -0.138. The smallest absolute Gasteiger partial charge is 0.333 e. The van der Waals surface area contributed by atoms with Crippen molar-refractivity contribution in [1.82, 2.24) is 10.2 Å². The number of hydrogen-bond acceptors (Lipinski definition) is 4. The monoisotopic (exact) mass is 262 g/mol. The summed E-state index contributed by atoms with van der Waals surface area (Å²) in [6, 6.07) is 1.02. The van der Waals surface area contributed by atoms with E-state index in [1.165, 1.54) is 18.9 Å². The van der Waals surface area contributed by atoms with Crippen molar-refractivity contribution in [2.24, 2.45) is 5.41 Å². The van der Waals surface area contributed by atoms with Crippen LogP contribution < -0.4 is 5.32 Å². The summed E-state index contributed by atoms with van der Waals surface area (Å²) in [5, 5.41) is 3.59. The molecule has 3 fully saturated rings. The molecule has 102 valence electrons. The molecule has 1 N–H and O–H groups in total. The molecule has 4 heterocycles. The number of likely N-dealkylation sites (tertiary alicyclic amines) is 1. The summed E-state index contributed by atoms with van der Waals surface area (Å²) in [5.41, 5.74) is 0.571. The average Bonchev–Trinajstić information content (AvgIpc) is 3.03. The normalized spacial score (nSPS) is 41.1. The number of nitrogens with zero attached hydrogens (tertiary/aromatic N) is 1. The fraction of sp³-hybridized carbons (Fsp3) is 0.714. The van der Waals surface area contributed by atoms with E-state index in [0.717, 1.165) is 31.5 Å². The first-order chi connectivity index (χ1) is 9.16. The first-order valence-corrected chi connectivity index (χ1v) is 7.12. The van der Waals surface area contributed by atoms with E-state index in [1.807, 2.05) is 0 Å². The number of esters is 1. The standard InChI is InChI=1S/C14H18N2O3/c17-12-5-11(8-19-12)16-4-3-14(13(16)18)6-9-1-2-10(7-14)15-9/h5,9-10,15H,1-4,6-8H2/t9-,10+,14+. The maximum absolute atomic E-state index is 12.8. The molecule has 4 rings (SSSR count). The highest BCUT2D eigenvalue weighted by molar-refractivity contribution is 5.90. The third kappa shape index (κ3) is 1.64. The van der Waals surface area contributed by atoms with Crippen molar-refractivity contribution in [1.29, 1.82) is 0 Å². The van der Waals surface area contributed by atoms with Crippen LogP contribution in [-0.4, -0.2) is 42.0 Å². The van der Waals surface area contributed by atoms with E-state index < -0.39 is 0 Å². The number of fused-ring (bicyclic) bond motifs is 2. The average molecular weight is 262 g/mol. The first kappa shape index (κ1) is 11.5. The number of ether oxygens (including phenoxy) is 1. The van der Waals surface area contributed by atoms with Crippen LogP contribution in [0.4, 0.5) is 0 Å². The molecule has 3 atom stereocenters. The Balaban J connectivity index is 1.59. The summed E-state index contributed by atoms with van der Waals surface area (Å²) in [5.74, 6) is -0.107. The number of nitrogens with one attached hydrogen (secondary N) is 1. The maximum atomic E-state index is 12.8. The number of amides is 1. The zero-order chi connectivity index (χ0) is 13.0. The summed E-state index contributed by atoms with van der Waals surface area (Å²) < 4.78 is 4.92. The number of carbonyl (C=O) groups excluding carboxylic acids is 2. The lowest BCUT2D eigenvalue weighted by atomic mass is 9.74. The minimum atomic E-state index is -0.325.